The third kappa shape index (κ3) is 4.82. The van der Waals surface area contributed by atoms with E-state index in [9.17, 15) is 19.2 Å². The van der Waals surface area contributed by atoms with Crippen LogP contribution in [0.5, 0.6) is 0 Å². The largest absolute Gasteiger partial charge is 0.357 e. The lowest BCUT2D eigenvalue weighted by Gasteiger charge is -2.28. The van der Waals surface area contributed by atoms with Gasteiger partial charge in [-0.15, -0.1) is 0 Å². The van der Waals surface area contributed by atoms with E-state index >= 15 is 0 Å². The van der Waals surface area contributed by atoms with Gasteiger partial charge in [0.1, 0.15) is 6.04 Å². The van der Waals surface area contributed by atoms with Gasteiger partial charge in [-0.25, -0.2) is 0 Å². The molecule has 0 bridgehead atoms. The second-order valence-corrected chi connectivity index (χ2v) is 7.71. The molecular weight excluding hydrogens is 394 g/mol. The zero-order valence-corrected chi connectivity index (χ0v) is 18.1. The Kier molecular flexibility index (Phi) is 6.84. The minimum Gasteiger partial charge on any atom is -0.357 e. The summed E-state index contributed by atoms with van der Waals surface area (Å²) in [6, 6.07) is 13.9. The molecule has 162 valence electrons. The number of carbonyl (C=O) groups excluding carboxylic acids is 4. The number of hydrogen-bond acceptors (Lipinski definition) is 4. The molecule has 31 heavy (non-hydrogen) atoms. The molecule has 1 atom stereocenters. The standard InChI is InChI=1S/C24H27N3O4/c1-16-10-12-18(13-11-16)15-27(17(2)22(29)25-3)21(28)9-6-14-26-23(30)19-7-4-5-8-20(19)24(26)31/h4-5,7-8,10-13,17H,6,9,14-15H2,1-3H3,(H,25,29). The number of aryl methyl sites for hydroxylation is 1. The van der Waals surface area contributed by atoms with Crippen molar-refractivity contribution in [3.8, 4) is 0 Å². The van der Waals surface area contributed by atoms with Crippen LogP contribution in [0.25, 0.3) is 0 Å². The summed E-state index contributed by atoms with van der Waals surface area (Å²) in [6.07, 6.45) is 0.454. The molecule has 1 aliphatic heterocycles. The Bertz CT molecular complexity index is 965. The summed E-state index contributed by atoms with van der Waals surface area (Å²) in [4.78, 5) is 52.9. The lowest BCUT2D eigenvalue weighted by atomic mass is 10.1. The van der Waals surface area contributed by atoms with E-state index in [1.54, 1.807) is 31.2 Å². The molecule has 1 N–H and O–H groups in total. The molecule has 0 aliphatic carbocycles. The molecule has 0 saturated carbocycles. The predicted octanol–water partition coefficient (Wildman–Crippen LogP) is 2.53. The number of imide groups is 1. The highest BCUT2D eigenvalue weighted by Gasteiger charge is 2.35. The monoisotopic (exact) mass is 421 g/mol. The topological polar surface area (TPSA) is 86.8 Å². The highest BCUT2D eigenvalue weighted by Crippen LogP contribution is 2.23. The van der Waals surface area contributed by atoms with Crippen molar-refractivity contribution in [2.75, 3.05) is 13.6 Å². The summed E-state index contributed by atoms with van der Waals surface area (Å²) in [7, 11) is 1.54. The molecule has 7 heteroatoms. The van der Waals surface area contributed by atoms with Crippen molar-refractivity contribution in [3.05, 3.63) is 70.8 Å². The molecule has 1 heterocycles. The van der Waals surface area contributed by atoms with E-state index in [2.05, 4.69) is 5.32 Å². The van der Waals surface area contributed by atoms with E-state index in [4.69, 9.17) is 0 Å². The first kappa shape index (κ1) is 22.2. The van der Waals surface area contributed by atoms with Gasteiger partial charge in [-0.05, 0) is 38.0 Å². The summed E-state index contributed by atoms with van der Waals surface area (Å²) in [5, 5.41) is 2.59. The van der Waals surface area contributed by atoms with Crippen LogP contribution in [0.15, 0.2) is 48.5 Å². The molecule has 1 aliphatic rings. The number of nitrogens with one attached hydrogen (secondary N) is 1. The van der Waals surface area contributed by atoms with Crippen LogP contribution in [-0.2, 0) is 16.1 Å². The Morgan fingerprint density at radius 3 is 2.13 bits per heavy atom. The van der Waals surface area contributed by atoms with Gasteiger partial charge in [0.25, 0.3) is 11.8 Å². The molecule has 0 radical (unpaired) electrons. The maximum absolute atomic E-state index is 13.0. The molecule has 1 unspecified atom stereocenters. The van der Waals surface area contributed by atoms with Gasteiger partial charge in [0.2, 0.25) is 11.8 Å². The quantitative estimate of drug-likeness (QED) is 0.664. The minimum absolute atomic E-state index is 0.126. The fourth-order valence-electron chi connectivity index (χ4n) is 3.66. The highest BCUT2D eigenvalue weighted by atomic mass is 16.2. The molecule has 0 aromatic heterocycles. The van der Waals surface area contributed by atoms with Crippen molar-refractivity contribution in [3.63, 3.8) is 0 Å². The molecule has 0 fully saturated rings. The van der Waals surface area contributed by atoms with Gasteiger partial charge in [0.05, 0.1) is 11.1 Å². The molecule has 2 aromatic carbocycles. The van der Waals surface area contributed by atoms with Gasteiger partial charge in [0, 0.05) is 26.6 Å². The first-order valence-corrected chi connectivity index (χ1v) is 10.3. The van der Waals surface area contributed by atoms with Crippen LogP contribution in [0.3, 0.4) is 0 Å². The zero-order chi connectivity index (χ0) is 22.5. The van der Waals surface area contributed by atoms with Crippen molar-refractivity contribution < 1.29 is 19.2 Å². The summed E-state index contributed by atoms with van der Waals surface area (Å²) >= 11 is 0. The predicted molar refractivity (Wildman–Crippen MR) is 116 cm³/mol. The summed E-state index contributed by atoms with van der Waals surface area (Å²) in [6.45, 7) is 4.14. The summed E-state index contributed by atoms with van der Waals surface area (Å²) in [5.74, 6) is -1.11. The average Bonchev–Trinajstić information content (AvgIpc) is 3.02. The van der Waals surface area contributed by atoms with Crippen LogP contribution in [-0.4, -0.2) is 53.1 Å². The molecule has 0 spiro atoms. The van der Waals surface area contributed by atoms with E-state index in [-0.39, 0.29) is 36.6 Å². The molecule has 7 nitrogen and oxygen atoms in total. The van der Waals surface area contributed by atoms with Gasteiger partial charge >= 0.3 is 0 Å². The van der Waals surface area contributed by atoms with Crippen LogP contribution >= 0.6 is 0 Å². The number of carbonyl (C=O) groups is 4. The van der Waals surface area contributed by atoms with Crippen molar-refractivity contribution in [2.45, 2.75) is 39.3 Å². The SMILES string of the molecule is CNC(=O)C(C)N(Cc1ccc(C)cc1)C(=O)CCCN1C(=O)c2ccccc2C1=O. The van der Waals surface area contributed by atoms with E-state index in [1.165, 1.54) is 16.8 Å². The number of likely N-dealkylation sites (N-methyl/N-ethyl adjacent to an activating group) is 1. The lowest BCUT2D eigenvalue weighted by Crippen LogP contribution is -2.46. The van der Waals surface area contributed by atoms with Crippen LogP contribution in [0.4, 0.5) is 0 Å². The van der Waals surface area contributed by atoms with Gasteiger partial charge in [-0.1, -0.05) is 42.0 Å². The Morgan fingerprint density at radius 2 is 1.58 bits per heavy atom. The maximum Gasteiger partial charge on any atom is 0.261 e. The first-order valence-electron chi connectivity index (χ1n) is 10.3. The number of nitrogens with zero attached hydrogens (tertiary/aromatic N) is 2. The molecular formula is C24H27N3O4. The number of fused-ring (bicyclic) bond motifs is 1. The van der Waals surface area contributed by atoms with Crippen LogP contribution in [0, 0.1) is 6.92 Å². The first-order chi connectivity index (χ1) is 14.8. The Balaban J connectivity index is 1.65. The van der Waals surface area contributed by atoms with Crippen LogP contribution < -0.4 is 5.32 Å². The Hall–Kier alpha value is -3.48. The third-order valence-electron chi connectivity index (χ3n) is 5.54. The normalized spacial score (nSPS) is 13.7. The minimum atomic E-state index is -0.641. The Labute approximate surface area is 182 Å². The van der Waals surface area contributed by atoms with Gasteiger partial charge in [-0.2, -0.15) is 0 Å². The van der Waals surface area contributed by atoms with E-state index < -0.39 is 6.04 Å². The lowest BCUT2D eigenvalue weighted by molar-refractivity contribution is -0.140. The molecule has 3 rings (SSSR count). The van der Waals surface area contributed by atoms with Gasteiger partial charge in [-0.3, -0.25) is 24.1 Å². The van der Waals surface area contributed by atoms with Crippen molar-refractivity contribution in [1.29, 1.82) is 0 Å². The summed E-state index contributed by atoms with van der Waals surface area (Å²) < 4.78 is 0. The second-order valence-electron chi connectivity index (χ2n) is 7.71. The highest BCUT2D eigenvalue weighted by molar-refractivity contribution is 6.21. The molecule has 2 aromatic rings. The number of hydrogen-bond donors (Lipinski definition) is 1. The van der Waals surface area contributed by atoms with Gasteiger partial charge in [0.15, 0.2) is 0 Å². The Morgan fingerprint density at radius 1 is 1.00 bits per heavy atom. The fraction of sp³-hybridized carbons (Fsp3) is 0.333. The maximum atomic E-state index is 13.0. The number of benzene rings is 2. The van der Waals surface area contributed by atoms with Gasteiger partial charge < -0.3 is 10.2 Å². The van der Waals surface area contributed by atoms with E-state index in [1.807, 2.05) is 31.2 Å². The fourth-order valence-corrected chi connectivity index (χ4v) is 3.66. The second kappa shape index (κ2) is 9.55. The number of amides is 4. The molecule has 0 saturated heterocycles. The molecule has 4 amide bonds. The van der Waals surface area contributed by atoms with E-state index in [0.29, 0.717) is 24.1 Å². The third-order valence-corrected chi connectivity index (χ3v) is 5.54. The van der Waals surface area contributed by atoms with Crippen molar-refractivity contribution in [2.24, 2.45) is 0 Å². The van der Waals surface area contributed by atoms with Crippen molar-refractivity contribution in [1.82, 2.24) is 15.1 Å². The van der Waals surface area contributed by atoms with Crippen molar-refractivity contribution >= 4 is 23.6 Å². The van der Waals surface area contributed by atoms with E-state index in [0.717, 1.165) is 11.1 Å². The smallest absolute Gasteiger partial charge is 0.261 e. The summed E-state index contributed by atoms with van der Waals surface area (Å²) in [5.41, 5.74) is 2.83. The average molecular weight is 421 g/mol. The number of rotatable bonds is 8. The van der Waals surface area contributed by atoms with Crippen LogP contribution in [0.2, 0.25) is 0 Å². The van der Waals surface area contributed by atoms with Crippen LogP contribution in [0.1, 0.15) is 51.6 Å². The zero-order valence-electron chi connectivity index (χ0n) is 18.1.